The monoisotopic (exact) mass is 400 g/mol. The van der Waals surface area contributed by atoms with Crippen molar-refractivity contribution < 1.29 is 9.47 Å². The number of benzene rings is 1. The number of allylic oxidation sites excluding steroid dienone is 1. The Morgan fingerprint density at radius 2 is 1.38 bits per heavy atom. The molecule has 1 heterocycles. The standard InChI is InChI=1S/C27H44O2/c1-2-3-4-5-6-7-8-9-10-11-12-13-14-15-16-17-20-25-21-18-19-22-27(25)29-24-26-23-28-26/h17-22,26H,2-16,23-24H2,1H3/b20-17+. The Kier molecular flexibility index (Phi) is 13.7. The third-order valence-corrected chi connectivity index (χ3v) is 5.77. The molecule has 1 unspecified atom stereocenters. The number of rotatable bonds is 19. The predicted molar refractivity (Wildman–Crippen MR) is 126 cm³/mol. The lowest BCUT2D eigenvalue weighted by atomic mass is 10.0. The van der Waals surface area contributed by atoms with Gasteiger partial charge in [-0.2, -0.15) is 0 Å². The van der Waals surface area contributed by atoms with Crippen molar-refractivity contribution in [3.8, 4) is 5.75 Å². The maximum atomic E-state index is 5.86. The fourth-order valence-electron chi connectivity index (χ4n) is 3.76. The van der Waals surface area contributed by atoms with Crippen LogP contribution in [0.3, 0.4) is 0 Å². The highest BCUT2D eigenvalue weighted by Crippen LogP contribution is 2.22. The summed E-state index contributed by atoms with van der Waals surface area (Å²) in [6.07, 6.45) is 25.8. The SMILES string of the molecule is CCCCCCCCCCCCCCCC/C=C/c1ccccc1OCC1CO1. The highest BCUT2D eigenvalue weighted by molar-refractivity contribution is 5.57. The topological polar surface area (TPSA) is 21.8 Å². The van der Waals surface area contributed by atoms with Crippen molar-refractivity contribution in [1.29, 1.82) is 0 Å². The lowest BCUT2D eigenvalue weighted by Crippen LogP contribution is -2.04. The number of hydrogen-bond acceptors (Lipinski definition) is 2. The van der Waals surface area contributed by atoms with Gasteiger partial charge in [0.2, 0.25) is 0 Å². The maximum absolute atomic E-state index is 5.86. The van der Waals surface area contributed by atoms with Crippen LogP contribution >= 0.6 is 0 Å². The number of unbranched alkanes of at least 4 members (excludes halogenated alkanes) is 14. The van der Waals surface area contributed by atoms with E-state index in [1.54, 1.807) is 0 Å². The molecular weight excluding hydrogens is 356 g/mol. The maximum Gasteiger partial charge on any atom is 0.126 e. The summed E-state index contributed by atoms with van der Waals surface area (Å²) in [4.78, 5) is 0. The molecule has 1 saturated heterocycles. The third-order valence-electron chi connectivity index (χ3n) is 5.77. The Morgan fingerprint density at radius 3 is 1.97 bits per heavy atom. The normalized spacial score (nSPS) is 15.8. The summed E-state index contributed by atoms with van der Waals surface area (Å²) in [5.74, 6) is 0.972. The molecular formula is C27H44O2. The molecule has 164 valence electrons. The Labute approximate surface area is 180 Å². The van der Waals surface area contributed by atoms with Crippen LogP contribution < -0.4 is 4.74 Å². The Bertz CT molecular complexity index is 533. The molecule has 0 N–H and O–H groups in total. The summed E-state index contributed by atoms with van der Waals surface area (Å²) in [6, 6.07) is 8.29. The van der Waals surface area contributed by atoms with E-state index in [0.717, 1.165) is 18.8 Å². The summed E-state index contributed by atoms with van der Waals surface area (Å²) in [5.41, 5.74) is 1.18. The van der Waals surface area contributed by atoms with Gasteiger partial charge in [0.25, 0.3) is 0 Å². The van der Waals surface area contributed by atoms with Crippen LogP contribution in [0.2, 0.25) is 0 Å². The van der Waals surface area contributed by atoms with E-state index in [9.17, 15) is 0 Å². The predicted octanol–water partition coefficient (Wildman–Crippen LogP) is 8.35. The number of ether oxygens (including phenoxy) is 2. The van der Waals surface area contributed by atoms with E-state index in [0.29, 0.717) is 12.7 Å². The van der Waals surface area contributed by atoms with Gasteiger partial charge in [0, 0.05) is 5.56 Å². The Morgan fingerprint density at radius 1 is 0.828 bits per heavy atom. The minimum atomic E-state index is 0.308. The van der Waals surface area contributed by atoms with Crippen LogP contribution in [-0.4, -0.2) is 19.3 Å². The first-order chi connectivity index (χ1) is 14.4. The van der Waals surface area contributed by atoms with Crippen molar-refractivity contribution in [2.45, 2.75) is 109 Å². The molecule has 2 rings (SSSR count). The van der Waals surface area contributed by atoms with Gasteiger partial charge in [-0.05, 0) is 18.9 Å². The van der Waals surface area contributed by atoms with Crippen LogP contribution in [0.4, 0.5) is 0 Å². The molecule has 0 bridgehead atoms. The van der Waals surface area contributed by atoms with E-state index in [2.05, 4.69) is 37.3 Å². The quantitative estimate of drug-likeness (QED) is 0.172. The van der Waals surface area contributed by atoms with E-state index in [4.69, 9.17) is 9.47 Å². The van der Waals surface area contributed by atoms with Gasteiger partial charge in [-0.3, -0.25) is 0 Å². The van der Waals surface area contributed by atoms with E-state index in [-0.39, 0.29) is 0 Å². The molecule has 0 amide bonds. The summed E-state index contributed by atoms with van der Waals surface area (Å²) in [7, 11) is 0. The number of hydrogen-bond donors (Lipinski definition) is 0. The van der Waals surface area contributed by atoms with Crippen LogP contribution in [-0.2, 0) is 4.74 Å². The highest BCUT2D eigenvalue weighted by Gasteiger charge is 2.23. The van der Waals surface area contributed by atoms with Gasteiger partial charge in [0.05, 0.1) is 6.61 Å². The average Bonchev–Trinajstić information content (AvgIpc) is 3.57. The fraction of sp³-hybridized carbons (Fsp3) is 0.704. The van der Waals surface area contributed by atoms with Gasteiger partial charge in [0.1, 0.15) is 18.5 Å². The summed E-state index contributed by atoms with van der Waals surface area (Å²) in [6.45, 7) is 3.81. The van der Waals surface area contributed by atoms with Crippen molar-refractivity contribution in [2.24, 2.45) is 0 Å². The van der Waals surface area contributed by atoms with E-state index in [1.165, 1.54) is 95.5 Å². The third kappa shape index (κ3) is 12.8. The first kappa shape index (κ1) is 24.0. The van der Waals surface area contributed by atoms with Gasteiger partial charge in [-0.15, -0.1) is 0 Å². The molecule has 0 saturated carbocycles. The molecule has 1 aliphatic heterocycles. The van der Waals surface area contributed by atoms with Crippen molar-refractivity contribution in [3.05, 3.63) is 35.9 Å². The minimum Gasteiger partial charge on any atom is -0.490 e. The van der Waals surface area contributed by atoms with Crippen molar-refractivity contribution in [3.63, 3.8) is 0 Å². The molecule has 0 spiro atoms. The average molecular weight is 401 g/mol. The van der Waals surface area contributed by atoms with Crippen molar-refractivity contribution in [2.75, 3.05) is 13.2 Å². The first-order valence-electron chi connectivity index (χ1n) is 12.4. The zero-order valence-corrected chi connectivity index (χ0v) is 18.9. The molecule has 0 aliphatic carbocycles. The smallest absolute Gasteiger partial charge is 0.126 e. The Hall–Kier alpha value is -1.28. The van der Waals surface area contributed by atoms with E-state index >= 15 is 0 Å². The summed E-state index contributed by atoms with van der Waals surface area (Å²) >= 11 is 0. The number of para-hydroxylation sites is 1. The van der Waals surface area contributed by atoms with Gasteiger partial charge in [-0.1, -0.05) is 121 Å². The zero-order chi connectivity index (χ0) is 20.4. The van der Waals surface area contributed by atoms with Crippen LogP contribution in [0.15, 0.2) is 30.3 Å². The summed E-state index contributed by atoms with van der Waals surface area (Å²) < 4.78 is 11.1. The highest BCUT2D eigenvalue weighted by atomic mass is 16.6. The molecule has 29 heavy (non-hydrogen) atoms. The fourth-order valence-corrected chi connectivity index (χ4v) is 3.76. The van der Waals surface area contributed by atoms with Crippen LogP contribution in [0.5, 0.6) is 5.75 Å². The molecule has 1 aliphatic rings. The molecule has 1 atom stereocenters. The van der Waals surface area contributed by atoms with Gasteiger partial charge < -0.3 is 9.47 Å². The first-order valence-corrected chi connectivity index (χ1v) is 12.4. The van der Waals surface area contributed by atoms with Gasteiger partial charge in [-0.25, -0.2) is 0 Å². The second-order valence-electron chi connectivity index (χ2n) is 8.59. The number of epoxide rings is 1. The molecule has 2 heteroatoms. The van der Waals surface area contributed by atoms with Crippen LogP contribution in [0, 0.1) is 0 Å². The Balaban J connectivity index is 1.39. The van der Waals surface area contributed by atoms with Gasteiger partial charge >= 0.3 is 0 Å². The second-order valence-corrected chi connectivity index (χ2v) is 8.59. The molecule has 1 aromatic carbocycles. The lowest BCUT2D eigenvalue weighted by Gasteiger charge is -2.07. The van der Waals surface area contributed by atoms with Gasteiger partial charge in [0.15, 0.2) is 0 Å². The lowest BCUT2D eigenvalue weighted by molar-refractivity contribution is 0.262. The molecule has 2 nitrogen and oxygen atoms in total. The molecule has 1 fully saturated rings. The van der Waals surface area contributed by atoms with E-state index < -0.39 is 0 Å². The van der Waals surface area contributed by atoms with Crippen molar-refractivity contribution in [1.82, 2.24) is 0 Å². The molecule has 0 aromatic heterocycles. The minimum absolute atomic E-state index is 0.308. The van der Waals surface area contributed by atoms with Crippen LogP contribution in [0.25, 0.3) is 6.08 Å². The summed E-state index contributed by atoms with van der Waals surface area (Å²) in [5, 5.41) is 0. The molecule has 0 radical (unpaired) electrons. The van der Waals surface area contributed by atoms with Crippen molar-refractivity contribution >= 4 is 6.08 Å². The van der Waals surface area contributed by atoms with Crippen LogP contribution in [0.1, 0.15) is 109 Å². The molecule has 1 aromatic rings. The van der Waals surface area contributed by atoms with E-state index in [1.807, 2.05) is 6.07 Å². The largest absolute Gasteiger partial charge is 0.490 e. The second kappa shape index (κ2) is 16.5. The zero-order valence-electron chi connectivity index (χ0n) is 18.9.